The van der Waals surface area contributed by atoms with Crippen molar-refractivity contribution in [3.8, 4) is 17.0 Å². The lowest BCUT2D eigenvalue weighted by atomic mass is 9.85. The Labute approximate surface area is 358 Å². The van der Waals surface area contributed by atoms with Gasteiger partial charge in [0.05, 0.1) is 22.8 Å². The highest BCUT2D eigenvalue weighted by molar-refractivity contribution is 6.02. The fourth-order valence-corrected chi connectivity index (χ4v) is 13.1. The van der Waals surface area contributed by atoms with Crippen molar-refractivity contribution in [2.24, 2.45) is 23.7 Å². The third-order valence-corrected chi connectivity index (χ3v) is 16.0. The van der Waals surface area contributed by atoms with E-state index in [2.05, 4.69) is 65.4 Å². The Bertz CT molecular complexity index is 2290. The zero-order valence-electron chi connectivity index (χ0n) is 35.0. The molecule has 6 fully saturated rings. The number of nitrogens with two attached hydrogens (primary N) is 1. The summed E-state index contributed by atoms with van der Waals surface area (Å²) in [7, 11) is 0. The van der Waals surface area contributed by atoms with Gasteiger partial charge in [0.25, 0.3) is 0 Å². The number of para-hydroxylation sites is 3. The largest absolute Gasteiger partial charge is 0.507 e. The third kappa shape index (κ3) is 7.16. The number of aromatic hydroxyl groups is 1. The van der Waals surface area contributed by atoms with Gasteiger partial charge in [-0.15, -0.1) is 10.2 Å². The van der Waals surface area contributed by atoms with Gasteiger partial charge >= 0.3 is 0 Å². The van der Waals surface area contributed by atoms with Crippen LogP contribution in [-0.4, -0.2) is 99.4 Å². The zero-order valence-corrected chi connectivity index (χ0v) is 35.0. The van der Waals surface area contributed by atoms with E-state index in [1.165, 1.54) is 49.9 Å². The van der Waals surface area contributed by atoms with Crippen LogP contribution in [0, 0.1) is 23.7 Å². The number of benzene rings is 2. The van der Waals surface area contributed by atoms with Crippen molar-refractivity contribution in [1.82, 2.24) is 30.4 Å². The van der Waals surface area contributed by atoms with Gasteiger partial charge in [0.2, 0.25) is 11.8 Å². The van der Waals surface area contributed by atoms with Crippen molar-refractivity contribution in [2.45, 2.75) is 101 Å². The number of hydrogen-bond acceptors (Lipinski definition) is 12. The molecule has 4 aromatic rings. The molecule has 4 N–H and O–H groups in total. The summed E-state index contributed by atoms with van der Waals surface area (Å²) in [6.45, 7) is 5.86. The van der Waals surface area contributed by atoms with Gasteiger partial charge in [0, 0.05) is 74.0 Å². The van der Waals surface area contributed by atoms with E-state index in [0.29, 0.717) is 77.5 Å². The van der Waals surface area contributed by atoms with E-state index < -0.39 is 0 Å². The number of piperidine rings is 2. The number of anilines is 4. The fourth-order valence-electron chi connectivity index (χ4n) is 13.1. The third-order valence-electron chi connectivity index (χ3n) is 16.0. The van der Waals surface area contributed by atoms with E-state index in [9.17, 15) is 14.7 Å². The van der Waals surface area contributed by atoms with Crippen LogP contribution in [0.2, 0.25) is 0 Å². The molecule has 61 heavy (non-hydrogen) atoms. The Balaban J connectivity index is 0.706. The number of likely N-dealkylation sites (tertiary alicyclic amines) is 1. The van der Waals surface area contributed by atoms with E-state index in [-0.39, 0.29) is 23.6 Å². The van der Waals surface area contributed by atoms with Gasteiger partial charge in [0.1, 0.15) is 17.6 Å². The Morgan fingerprint density at radius 2 is 1.48 bits per heavy atom. The van der Waals surface area contributed by atoms with Crippen LogP contribution in [0.1, 0.15) is 94.0 Å². The summed E-state index contributed by atoms with van der Waals surface area (Å²) < 4.78 is 0. The maximum Gasteiger partial charge on any atom is 0.249 e. The SMILES string of the molecule is Nc1nnc(-c2ccccc2O)cc1N1C[C@H]2CC3C(c4nccc(C5CCN(C6CCC(N7CCN([C@H]8CCC(=O)NC8=O)c8ccccc87)CC6)CC5)n4)C[C@@H](C1)C3C2. The first-order valence-corrected chi connectivity index (χ1v) is 23.0. The number of phenolic OH excluding ortho intramolecular Hbond substituents is 1. The molecule has 3 unspecified atom stereocenters. The van der Waals surface area contributed by atoms with Crippen molar-refractivity contribution < 1.29 is 14.7 Å². The predicted octanol–water partition coefficient (Wildman–Crippen LogP) is 6.11. The molecular formula is C48H58N10O3. The van der Waals surface area contributed by atoms with Gasteiger partial charge in [-0.2, -0.15) is 0 Å². The average Bonchev–Trinajstić information content (AvgIpc) is 3.82. The highest BCUT2D eigenvalue weighted by atomic mass is 16.3. The van der Waals surface area contributed by atoms with Crippen molar-refractivity contribution in [3.63, 3.8) is 0 Å². The summed E-state index contributed by atoms with van der Waals surface area (Å²) in [6, 6.07) is 20.9. The molecule has 13 heteroatoms. The molecule has 3 saturated heterocycles. The summed E-state index contributed by atoms with van der Waals surface area (Å²) in [5, 5.41) is 21.8. The van der Waals surface area contributed by atoms with Crippen molar-refractivity contribution in [1.29, 1.82) is 0 Å². The number of phenols is 1. The number of aromatic nitrogens is 4. The number of nitrogens with one attached hydrogen (secondary N) is 1. The highest BCUT2D eigenvalue weighted by Gasteiger charge is 2.53. The van der Waals surface area contributed by atoms with E-state index in [1.807, 2.05) is 30.5 Å². The number of imide groups is 1. The number of hydrogen-bond donors (Lipinski definition) is 3. The first-order valence-electron chi connectivity index (χ1n) is 23.0. The molecule has 13 nitrogen and oxygen atoms in total. The molecule has 2 bridgehead atoms. The normalized spacial score (nSPS) is 30.6. The molecule has 4 aliphatic heterocycles. The standard InChI is InChI=1S/C48H58N10O3/c49-46-43(26-39(53-54-46)34-5-1-4-8-44(34)59)56-27-29-23-35-31(28-56)25-37(36(35)24-29)47-50-18-15-38(51-47)30-16-19-55(20-17-30)32-9-11-33(12-10-32)57-21-22-58(41-7-3-2-6-40(41)57)42-13-14-45(60)52-48(42)61/h1-8,15,18,26,29-33,35-37,42,59H,9-14,16-17,19-25,27-28H2,(H2,49,54)(H,52,60,61)/t29-,31+,32?,33?,35?,36?,37?,42+/m1/s1. The number of carbonyl (C=O) groups is 2. The van der Waals surface area contributed by atoms with Gasteiger partial charge < -0.3 is 30.4 Å². The molecule has 2 aromatic carbocycles. The lowest BCUT2D eigenvalue weighted by Crippen LogP contribution is -2.57. The smallest absolute Gasteiger partial charge is 0.249 e. The summed E-state index contributed by atoms with van der Waals surface area (Å²) in [6.07, 6.45) is 13.7. The molecular weight excluding hydrogens is 765 g/mol. The first kappa shape index (κ1) is 38.6. The first-order chi connectivity index (χ1) is 29.8. The van der Waals surface area contributed by atoms with E-state index in [1.54, 1.807) is 6.07 Å². The van der Waals surface area contributed by atoms with Gasteiger partial charge in [-0.05, 0) is 137 Å². The van der Waals surface area contributed by atoms with E-state index in [4.69, 9.17) is 15.7 Å². The van der Waals surface area contributed by atoms with E-state index in [0.717, 1.165) is 75.7 Å². The number of rotatable bonds is 7. The molecule has 0 spiro atoms. The van der Waals surface area contributed by atoms with Crippen LogP contribution in [-0.2, 0) is 9.59 Å². The Morgan fingerprint density at radius 3 is 2.28 bits per heavy atom. The summed E-state index contributed by atoms with van der Waals surface area (Å²) >= 11 is 0. The fraction of sp³-hybridized carbons (Fsp3) is 0.542. The second kappa shape index (κ2) is 15.9. The number of carbonyl (C=O) groups excluding carboxylic acids is 2. The summed E-state index contributed by atoms with van der Waals surface area (Å²) in [5.41, 5.74) is 12.3. The average molecular weight is 823 g/mol. The number of nitrogen functional groups attached to an aromatic ring is 1. The summed E-state index contributed by atoms with van der Waals surface area (Å²) in [5.74, 6) is 4.71. The molecule has 6 atom stereocenters. The second-order valence-corrected chi connectivity index (χ2v) is 19.1. The minimum absolute atomic E-state index is 0.162. The van der Waals surface area contributed by atoms with Crippen molar-refractivity contribution in [2.75, 3.05) is 59.7 Å². The van der Waals surface area contributed by atoms with Crippen LogP contribution in [0.15, 0.2) is 66.9 Å². The molecule has 318 valence electrons. The minimum atomic E-state index is -0.284. The number of nitrogens with zero attached hydrogens (tertiary/aromatic N) is 8. The minimum Gasteiger partial charge on any atom is -0.507 e. The molecule has 3 saturated carbocycles. The summed E-state index contributed by atoms with van der Waals surface area (Å²) in [4.78, 5) is 45.1. The Morgan fingerprint density at radius 1 is 0.738 bits per heavy atom. The van der Waals surface area contributed by atoms with Crippen LogP contribution in [0.25, 0.3) is 11.3 Å². The molecule has 3 aliphatic carbocycles. The Hall–Kier alpha value is -5.30. The van der Waals surface area contributed by atoms with Crippen LogP contribution in [0.4, 0.5) is 22.9 Å². The lowest BCUT2D eigenvalue weighted by molar-refractivity contribution is -0.134. The maximum absolute atomic E-state index is 12.8. The molecule has 7 aliphatic rings. The quantitative estimate of drug-likeness (QED) is 0.184. The van der Waals surface area contributed by atoms with Crippen molar-refractivity contribution >= 4 is 34.7 Å². The van der Waals surface area contributed by atoms with Gasteiger partial charge in [-0.25, -0.2) is 9.97 Å². The van der Waals surface area contributed by atoms with Crippen LogP contribution in [0.5, 0.6) is 5.75 Å². The monoisotopic (exact) mass is 822 g/mol. The van der Waals surface area contributed by atoms with Crippen LogP contribution in [0.3, 0.4) is 0 Å². The second-order valence-electron chi connectivity index (χ2n) is 19.1. The zero-order chi connectivity index (χ0) is 41.2. The lowest BCUT2D eigenvalue weighted by Gasteiger charge is -2.48. The predicted molar refractivity (Wildman–Crippen MR) is 235 cm³/mol. The van der Waals surface area contributed by atoms with Crippen LogP contribution < -0.4 is 25.8 Å². The number of fused-ring (bicyclic) bond motifs is 2. The number of amides is 2. The molecule has 2 amide bonds. The van der Waals surface area contributed by atoms with Crippen molar-refractivity contribution in [3.05, 3.63) is 78.4 Å². The van der Waals surface area contributed by atoms with Gasteiger partial charge in [0.15, 0.2) is 5.82 Å². The van der Waals surface area contributed by atoms with E-state index >= 15 is 0 Å². The maximum atomic E-state index is 12.8. The molecule has 11 rings (SSSR count). The topological polar surface area (TPSA) is 157 Å². The highest BCUT2D eigenvalue weighted by Crippen LogP contribution is 2.58. The van der Waals surface area contributed by atoms with Gasteiger partial charge in [-0.1, -0.05) is 24.3 Å². The van der Waals surface area contributed by atoms with Gasteiger partial charge in [-0.3, -0.25) is 14.9 Å². The molecule has 6 heterocycles. The van der Waals surface area contributed by atoms with Crippen LogP contribution >= 0.6 is 0 Å². The molecule has 2 aromatic heterocycles. The molecule has 0 radical (unpaired) electrons. The Kier molecular flexibility index (Phi) is 10.0.